The van der Waals surface area contributed by atoms with Gasteiger partial charge in [-0.25, -0.2) is 4.79 Å². The lowest BCUT2D eigenvalue weighted by atomic mass is 10.0. The summed E-state index contributed by atoms with van der Waals surface area (Å²) in [6.07, 6.45) is 1.17. The average molecular weight is 327 g/mol. The highest BCUT2D eigenvalue weighted by molar-refractivity contribution is 9.10. The number of carbonyl (C=O) groups excluding carboxylic acids is 2. The fourth-order valence-corrected chi connectivity index (χ4v) is 2.44. The van der Waals surface area contributed by atoms with Crippen molar-refractivity contribution in [1.29, 1.82) is 0 Å². The van der Waals surface area contributed by atoms with Crippen LogP contribution in [0.4, 0.5) is 0 Å². The molecule has 1 aromatic rings. The van der Waals surface area contributed by atoms with Crippen LogP contribution in [0.1, 0.15) is 41.8 Å². The van der Waals surface area contributed by atoms with Crippen LogP contribution in [0.3, 0.4) is 0 Å². The molecule has 1 aromatic carbocycles. The topological polar surface area (TPSA) is 52.6 Å². The number of rotatable bonds is 5. The van der Waals surface area contributed by atoms with E-state index >= 15 is 0 Å². The Bertz CT molecular complexity index is 486. The molecule has 0 amide bonds. The highest BCUT2D eigenvalue weighted by Gasteiger charge is 2.39. The van der Waals surface area contributed by atoms with Crippen LogP contribution in [-0.4, -0.2) is 23.4 Å². The van der Waals surface area contributed by atoms with Crippen molar-refractivity contribution in [2.75, 3.05) is 6.61 Å². The molecule has 4 nitrogen and oxygen atoms in total. The lowest BCUT2D eigenvalue weighted by molar-refractivity contribution is -0.144. The highest BCUT2D eigenvalue weighted by Crippen LogP contribution is 2.36. The number of cyclic esters (lactones) is 1. The third-order valence-electron chi connectivity index (χ3n) is 2.95. The summed E-state index contributed by atoms with van der Waals surface area (Å²) in [5.41, 5.74) is 1.24. The van der Waals surface area contributed by atoms with Crippen LogP contribution < -0.4 is 0 Å². The van der Waals surface area contributed by atoms with Crippen molar-refractivity contribution in [3.8, 4) is 0 Å². The Kier molecular flexibility index (Phi) is 4.58. The van der Waals surface area contributed by atoms with Gasteiger partial charge in [-0.2, -0.15) is 0 Å². The number of ether oxygens (including phenoxy) is 2. The molecule has 0 spiro atoms. The van der Waals surface area contributed by atoms with Crippen LogP contribution in [0, 0.1) is 0 Å². The number of benzene rings is 1. The predicted molar refractivity (Wildman–Crippen MR) is 73.2 cm³/mol. The van der Waals surface area contributed by atoms with Gasteiger partial charge in [0.2, 0.25) is 0 Å². The monoisotopic (exact) mass is 326 g/mol. The summed E-state index contributed by atoms with van der Waals surface area (Å²) < 4.78 is 10.4. The molecule has 1 heterocycles. The Hall–Kier alpha value is -1.36. The quantitative estimate of drug-likeness (QED) is 0.474. The zero-order chi connectivity index (χ0) is 13.8. The summed E-state index contributed by atoms with van der Waals surface area (Å²) in [7, 11) is 0. The molecule has 102 valence electrons. The van der Waals surface area contributed by atoms with Gasteiger partial charge in [0.25, 0.3) is 0 Å². The summed E-state index contributed by atoms with van der Waals surface area (Å²) in [5.74, 6) is -0.797. The second-order valence-electron chi connectivity index (χ2n) is 4.34. The van der Waals surface area contributed by atoms with E-state index in [1.807, 2.05) is 13.0 Å². The van der Waals surface area contributed by atoms with Crippen molar-refractivity contribution < 1.29 is 19.1 Å². The van der Waals surface area contributed by atoms with Crippen LogP contribution in [0.25, 0.3) is 0 Å². The summed E-state index contributed by atoms with van der Waals surface area (Å²) in [6, 6.07) is 7.07. The standard InChI is InChI=1S/C14H15BrO4/c1-2-3-8-18-14(17)11(15)12-9-6-4-5-7-10(9)13(16)19-12/h4-7,11-12H,2-3,8H2,1H3/t11-,12-/m0/s1. The first-order chi connectivity index (χ1) is 9.15. The first-order valence-electron chi connectivity index (χ1n) is 6.25. The van der Waals surface area contributed by atoms with Gasteiger partial charge in [0.15, 0.2) is 10.9 Å². The summed E-state index contributed by atoms with van der Waals surface area (Å²) in [5, 5.41) is 0. The second-order valence-corrected chi connectivity index (χ2v) is 5.32. The van der Waals surface area contributed by atoms with E-state index in [2.05, 4.69) is 15.9 Å². The van der Waals surface area contributed by atoms with Gasteiger partial charge in [-0.1, -0.05) is 47.5 Å². The minimum atomic E-state index is -0.669. The maximum Gasteiger partial charge on any atom is 0.339 e. The summed E-state index contributed by atoms with van der Waals surface area (Å²) >= 11 is 3.27. The van der Waals surface area contributed by atoms with Crippen molar-refractivity contribution in [3.63, 3.8) is 0 Å². The maximum absolute atomic E-state index is 11.9. The maximum atomic E-state index is 11.9. The number of fused-ring (bicyclic) bond motifs is 1. The molecular weight excluding hydrogens is 312 g/mol. The van der Waals surface area contributed by atoms with Crippen molar-refractivity contribution in [1.82, 2.24) is 0 Å². The van der Waals surface area contributed by atoms with Crippen molar-refractivity contribution in [2.45, 2.75) is 30.7 Å². The number of esters is 2. The normalized spacial score (nSPS) is 18.6. The van der Waals surface area contributed by atoms with Gasteiger partial charge in [-0.3, -0.25) is 4.79 Å². The molecule has 0 aromatic heterocycles. The first-order valence-corrected chi connectivity index (χ1v) is 7.17. The number of carbonyl (C=O) groups is 2. The molecule has 0 saturated heterocycles. The largest absolute Gasteiger partial charge is 0.465 e. The van der Waals surface area contributed by atoms with E-state index in [9.17, 15) is 9.59 Å². The third kappa shape index (κ3) is 2.97. The van der Waals surface area contributed by atoms with Crippen LogP contribution in [0.2, 0.25) is 0 Å². The number of hydrogen-bond acceptors (Lipinski definition) is 4. The van der Waals surface area contributed by atoms with Gasteiger partial charge >= 0.3 is 11.9 Å². The van der Waals surface area contributed by atoms with Gasteiger partial charge in [-0.05, 0) is 12.5 Å². The van der Waals surface area contributed by atoms with E-state index in [0.717, 1.165) is 18.4 Å². The number of halogens is 1. The van der Waals surface area contributed by atoms with Crippen molar-refractivity contribution in [3.05, 3.63) is 35.4 Å². The minimum absolute atomic E-state index is 0.389. The molecule has 2 atom stereocenters. The zero-order valence-corrected chi connectivity index (χ0v) is 12.2. The van der Waals surface area contributed by atoms with Crippen LogP contribution >= 0.6 is 15.9 Å². The van der Waals surface area contributed by atoms with Gasteiger partial charge in [-0.15, -0.1) is 0 Å². The Morgan fingerprint density at radius 1 is 1.47 bits per heavy atom. The molecule has 2 rings (SSSR count). The molecule has 5 heteroatoms. The lowest BCUT2D eigenvalue weighted by Crippen LogP contribution is -2.25. The van der Waals surface area contributed by atoms with Crippen LogP contribution in [0.15, 0.2) is 24.3 Å². The first kappa shape index (κ1) is 14.1. The van der Waals surface area contributed by atoms with E-state index in [4.69, 9.17) is 9.47 Å². The summed E-state index contributed by atoms with van der Waals surface area (Å²) in [6.45, 7) is 2.41. The van der Waals surface area contributed by atoms with E-state index < -0.39 is 22.9 Å². The Balaban J connectivity index is 2.07. The molecule has 0 saturated carbocycles. The smallest absolute Gasteiger partial charge is 0.339 e. The van der Waals surface area contributed by atoms with Gasteiger partial charge in [0.1, 0.15) is 0 Å². The number of unbranched alkanes of at least 4 members (excludes halogenated alkanes) is 1. The highest BCUT2D eigenvalue weighted by atomic mass is 79.9. The molecule has 0 fully saturated rings. The number of hydrogen-bond donors (Lipinski definition) is 0. The third-order valence-corrected chi connectivity index (χ3v) is 3.81. The molecule has 0 aliphatic carbocycles. The van der Waals surface area contributed by atoms with E-state index in [-0.39, 0.29) is 0 Å². The molecule has 0 radical (unpaired) electrons. The average Bonchev–Trinajstić information content (AvgIpc) is 2.76. The Labute approximate surface area is 120 Å². The molecular formula is C14H15BrO4. The number of alkyl halides is 1. The minimum Gasteiger partial charge on any atom is -0.465 e. The Morgan fingerprint density at radius 2 is 2.21 bits per heavy atom. The van der Waals surface area contributed by atoms with Crippen molar-refractivity contribution >= 4 is 27.9 Å². The van der Waals surface area contributed by atoms with E-state index in [0.29, 0.717) is 12.2 Å². The fraction of sp³-hybridized carbons (Fsp3) is 0.429. The SMILES string of the molecule is CCCCOC(=O)[C@@H](Br)[C@H]1OC(=O)c2ccccc21. The van der Waals surface area contributed by atoms with E-state index in [1.165, 1.54) is 0 Å². The molecule has 0 N–H and O–H groups in total. The summed E-state index contributed by atoms with van der Waals surface area (Å²) in [4.78, 5) is 22.9. The predicted octanol–water partition coefficient (Wildman–Crippen LogP) is 3.00. The Morgan fingerprint density at radius 3 is 2.95 bits per heavy atom. The lowest BCUT2D eigenvalue weighted by Gasteiger charge is -2.16. The fourth-order valence-electron chi connectivity index (χ4n) is 1.91. The van der Waals surface area contributed by atoms with Gasteiger partial charge in [0.05, 0.1) is 12.2 Å². The molecule has 1 aliphatic heterocycles. The van der Waals surface area contributed by atoms with E-state index in [1.54, 1.807) is 18.2 Å². The molecule has 19 heavy (non-hydrogen) atoms. The van der Waals surface area contributed by atoms with Gasteiger partial charge in [0, 0.05) is 5.56 Å². The molecule has 1 aliphatic rings. The van der Waals surface area contributed by atoms with Crippen LogP contribution in [0.5, 0.6) is 0 Å². The van der Waals surface area contributed by atoms with Crippen molar-refractivity contribution in [2.24, 2.45) is 0 Å². The second kappa shape index (κ2) is 6.19. The molecule has 0 unspecified atom stereocenters. The molecule has 0 bridgehead atoms. The van der Waals surface area contributed by atoms with Crippen LogP contribution in [-0.2, 0) is 14.3 Å². The van der Waals surface area contributed by atoms with Gasteiger partial charge < -0.3 is 9.47 Å². The zero-order valence-electron chi connectivity index (χ0n) is 10.6.